The second kappa shape index (κ2) is 5.49. The van der Waals surface area contributed by atoms with Gasteiger partial charge < -0.3 is 19.3 Å². The van der Waals surface area contributed by atoms with Crippen molar-refractivity contribution in [2.75, 3.05) is 27.3 Å². The number of aliphatic hydroxyl groups is 1. The lowest BCUT2D eigenvalue weighted by Crippen LogP contribution is -2.36. The first-order valence-electron chi connectivity index (χ1n) is 6.01. The maximum absolute atomic E-state index is 12.0. The lowest BCUT2D eigenvalue weighted by Gasteiger charge is -2.19. The average molecular weight is 254 g/mol. The molecule has 1 aromatic rings. The van der Waals surface area contributed by atoms with Crippen LogP contribution < -0.4 is 0 Å². The van der Waals surface area contributed by atoms with Crippen LogP contribution in [-0.4, -0.2) is 54.5 Å². The lowest BCUT2D eigenvalue weighted by molar-refractivity contribution is 0.0376. The summed E-state index contributed by atoms with van der Waals surface area (Å²) >= 11 is 0. The van der Waals surface area contributed by atoms with Crippen LogP contribution in [0.25, 0.3) is 0 Å². The van der Waals surface area contributed by atoms with Gasteiger partial charge in [-0.15, -0.1) is 0 Å². The van der Waals surface area contributed by atoms with E-state index in [1.54, 1.807) is 13.1 Å². The molecule has 100 valence electrons. The van der Waals surface area contributed by atoms with Gasteiger partial charge in [0.15, 0.2) is 5.69 Å². The van der Waals surface area contributed by atoms with Crippen LogP contribution in [0, 0.1) is 0 Å². The van der Waals surface area contributed by atoms with Crippen molar-refractivity contribution in [3.63, 3.8) is 0 Å². The Morgan fingerprint density at radius 2 is 2.44 bits per heavy atom. The molecular weight excluding hydrogens is 236 g/mol. The summed E-state index contributed by atoms with van der Waals surface area (Å²) in [7, 11) is 3.12. The molecule has 1 atom stereocenters. The van der Waals surface area contributed by atoms with E-state index in [9.17, 15) is 9.90 Å². The normalized spacial score (nSPS) is 16.6. The highest BCUT2D eigenvalue weighted by atomic mass is 16.5. The fourth-order valence-electron chi connectivity index (χ4n) is 1.79. The minimum absolute atomic E-state index is 0.198. The van der Waals surface area contributed by atoms with Crippen LogP contribution in [0.4, 0.5) is 0 Å². The smallest absolute Gasteiger partial charge is 0.275 e. The van der Waals surface area contributed by atoms with Crippen LogP contribution in [0.2, 0.25) is 0 Å². The number of likely N-dealkylation sites (N-methyl/N-ethyl adjacent to an activating group) is 1. The molecule has 1 fully saturated rings. The number of carbonyl (C=O) groups is 1. The Labute approximate surface area is 106 Å². The molecule has 1 aliphatic rings. The molecule has 1 heterocycles. The molecule has 6 nitrogen and oxygen atoms in total. The van der Waals surface area contributed by atoms with E-state index >= 15 is 0 Å². The highest BCUT2D eigenvalue weighted by Gasteiger charge is 2.29. The zero-order chi connectivity index (χ0) is 13.1. The summed E-state index contributed by atoms with van der Waals surface area (Å²) in [5, 5.41) is 13.3. The van der Waals surface area contributed by atoms with Crippen molar-refractivity contribution in [2.45, 2.75) is 24.9 Å². The van der Waals surface area contributed by atoms with Gasteiger partial charge in [0, 0.05) is 32.7 Å². The number of ether oxygens (including phenoxy) is 1. The Balaban J connectivity index is 1.92. The molecule has 0 spiro atoms. The fourth-order valence-corrected chi connectivity index (χ4v) is 1.79. The topological polar surface area (TPSA) is 75.8 Å². The van der Waals surface area contributed by atoms with Crippen molar-refractivity contribution in [1.82, 2.24) is 10.1 Å². The quantitative estimate of drug-likeness (QED) is 0.806. The van der Waals surface area contributed by atoms with E-state index in [0.29, 0.717) is 11.6 Å². The molecular formula is C12H18N2O4. The number of rotatable bonds is 6. The molecule has 0 radical (unpaired) electrons. The predicted octanol–water partition coefficient (Wildman–Crippen LogP) is 0.631. The molecule has 18 heavy (non-hydrogen) atoms. The summed E-state index contributed by atoms with van der Waals surface area (Å²) in [5.41, 5.74) is 0.295. The molecule has 1 saturated carbocycles. The van der Waals surface area contributed by atoms with Crippen molar-refractivity contribution in [2.24, 2.45) is 0 Å². The van der Waals surface area contributed by atoms with Crippen LogP contribution in [0.5, 0.6) is 0 Å². The molecule has 0 saturated heterocycles. The third kappa shape index (κ3) is 3.08. The summed E-state index contributed by atoms with van der Waals surface area (Å²) < 4.78 is 9.94. The van der Waals surface area contributed by atoms with Gasteiger partial charge in [-0.1, -0.05) is 5.16 Å². The summed E-state index contributed by atoms with van der Waals surface area (Å²) in [4.78, 5) is 13.4. The largest absolute Gasteiger partial charge is 0.389 e. The Morgan fingerprint density at radius 3 is 3.06 bits per heavy atom. The molecule has 0 bridgehead atoms. The molecule has 6 heteroatoms. The maximum atomic E-state index is 12.0. The van der Waals surface area contributed by atoms with E-state index in [4.69, 9.17) is 9.26 Å². The summed E-state index contributed by atoms with van der Waals surface area (Å²) in [5.74, 6) is 0.966. The monoisotopic (exact) mass is 254 g/mol. The number of hydrogen-bond donors (Lipinski definition) is 1. The van der Waals surface area contributed by atoms with Crippen molar-refractivity contribution in [1.29, 1.82) is 0 Å². The molecule has 1 N–H and O–H groups in total. The van der Waals surface area contributed by atoms with E-state index in [2.05, 4.69) is 5.16 Å². The average Bonchev–Trinajstić information content (AvgIpc) is 3.06. The first kappa shape index (κ1) is 13.0. The highest BCUT2D eigenvalue weighted by molar-refractivity contribution is 5.92. The van der Waals surface area contributed by atoms with Gasteiger partial charge in [-0.25, -0.2) is 0 Å². The zero-order valence-corrected chi connectivity index (χ0v) is 10.6. The molecule has 1 unspecified atom stereocenters. The maximum Gasteiger partial charge on any atom is 0.275 e. The van der Waals surface area contributed by atoms with Crippen molar-refractivity contribution in [3.05, 3.63) is 17.5 Å². The van der Waals surface area contributed by atoms with Crippen molar-refractivity contribution in [3.8, 4) is 0 Å². The van der Waals surface area contributed by atoms with Gasteiger partial charge in [0.1, 0.15) is 5.76 Å². The van der Waals surface area contributed by atoms with Crippen LogP contribution in [0.3, 0.4) is 0 Å². The number of aromatic nitrogens is 1. The Hall–Kier alpha value is -1.40. The second-order valence-electron chi connectivity index (χ2n) is 4.68. The number of methoxy groups -OCH3 is 1. The zero-order valence-electron chi connectivity index (χ0n) is 10.6. The van der Waals surface area contributed by atoms with E-state index in [1.807, 2.05) is 0 Å². The first-order chi connectivity index (χ1) is 8.61. The van der Waals surface area contributed by atoms with Crippen molar-refractivity contribution < 1.29 is 19.2 Å². The van der Waals surface area contributed by atoms with Crippen molar-refractivity contribution >= 4 is 5.91 Å². The van der Waals surface area contributed by atoms with Gasteiger partial charge >= 0.3 is 0 Å². The molecule has 1 aromatic heterocycles. The van der Waals surface area contributed by atoms with Crippen LogP contribution in [-0.2, 0) is 4.74 Å². The number of nitrogens with zero attached hydrogens (tertiary/aromatic N) is 2. The SMILES string of the molecule is COCC(O)CN(C)C(=O)c1cc(C2CC2)on1. The standard InChI is InChI=1S/C12H18N2O4/c1-14(6-9(15)7-17-2)12(16)10-5-11(18-13-10)8-3-4-8/h5,8-9,15H,3-4,6-7H2,1-2H3. The minimum atomic E-state index is -0.696. The number of hydrogen-bond acceptors (Lipinski definition) is 5. The number of aliphatic hydroxyl groups excluding tert-OH is 1. The second-order valence-corrected chi connectivity index (χ2v) is 4.68. The van der Waals surface area contributed by atoms with Gasteiger partial charge in [-0.3, -0.25) is 4.79 Å². The van der Waals surface area contributed by atoms with Crippen LogP contribution in [0.15, 0.2) is 10.6 Å². The van der Waals surface area contributed by atoms with E-state index in [0.717, 1.165) is 18.6 Å². The lowest BCUT2D eigenvalue weighted by atomic mass is 10.2. The molecule has 1 amide bonds. The van der Waals surface area contributed by atoms with E-state index in [1.165, 1.54) is 12.0 Å². The summed E-state index contributed by atoms with van der Waals surface area (Å²) in [6, 6.07) is 1.69. The molecule has 0 aromatic carbocycles. The third-order valence-corrected chi connectivity index (χ3v) is 2.92. The Kier molecular flexibility index (Phi) is 3.98. The summed E-state index contributed by atoms with van der Waals surface area (Å²) in [6.07, 6.45) is 1.51. The van der Waals surface area contributed by atoms with Gasteiger partial charge in [-0.2, -0.15) is 0 Å². The van der Waals surface area contributed by atoms with E-state index < -0.39 is 6.10 Å². The van der Waals surface area contributed by atoms with E-state index in [-0.39, 0.29) is 19.1 Å². The van der Waals surface area contributed by atoms with Gasteiger partial charge in [-0.05, 0) is 12.8 Å². The Morgan fingerprint density at radius 1 is 1.72 bits per heavy atom. The van der Waals surface area contributed by atoms with Crippen LogP contribution in [0.1, 0.15) is 35.0 Å². The summed E-state index contributed by atoms with van der Waals surface area (Å²) in [6.45, 7) is 0.405. The fraction of sp³-hybridized carbons (Fsp3) is 0.667. The highest BCUT2D eigenvalue weighted by Crippen LogP contribution is 2.40. The van der Waals surface area contributed by atoms with Gasteiger partial charge in [0.05, 0.1) is 12.7 Å². The van der Waals surface area contributed by atoms with Gasteiger partial charge in [0.2, 0.25) is 0 Å². The molecule has 2 rings (SSSR count). The number of amides is 1. The Bertz CT molecular complexity index is 414. The number of carbonyl (C=O) groups excluding carboxylic acids is 1. The molecule has 1 aliphatic carbocycles. The predicted molar refractivity (Wildman–Crippen MR) is 63.3 cm³/mol. The van der Waals surface area contributed by atoms with Crippen LogP contribution >= 0.6 is 0 Å². The molecule has 0 aliphatic heterocycles. The van der Waals surface area contributed by atoms with Gasteiger partial charge in [0.25, 0.3) is 5.91 Å². The third-order valence-electron chi connectivity index (χ3n) is 2.92. The first-order valence-corrected chi connectivity index (χ1v) is 6.01. The minimum Gasteiger partial charge on any atom is -0.389 e.